The maximum Gasteiger partial charge on any atom is 0.495 e. The van der Waals surface area contributed by atoms with Crippen LogP contribution in [-0.4, -0.2) is 36.7 Å². The van der Waals surface area contributed by atoms with Crippen LogP contribution in [0.1, 0.15) is 42.3 Å². The van der Waals surface area contributed by atoms with E-state index in [0.29, 0.717) is 11.0 Å². The summed E-state index contributed by atoms with van der Waals surface area (Å²) < 4.78 is 29.2. The minimum atomic E-state index is -1.18. The van der Waals surface area contributed by atoms with Crippen LogP contribution in [0.5, 0.6) is 5.75 Å². The van der Waals surface area contributed by atoms with Gasteiger partial charge in [0.05, 0.1) is 18.8 Å². The van der Waals surface area contributed by atoms with E-state index in [1.165, 1.54) is 24.3 Å². The Morgan fingerprint density at radius 2 is 1.94 bits per heavy atom. The van der Waals surface area contributed by atoms with Crippen molar-refractivity contribution in [1.82, 2.24) is 5.32 Å². The van der Waals surface area contributed by atoms with Gasteiger partial charge in [0, 0.05) is 5.46 Å². The molecule has 0 aliphatic carbocycles. The van der Waals surface area contributed by atoms with Crippen molar-refractivity contribution >= 4 is 24.5 Å². The van der Waals surface area contributed by atoms with Gasteiger partial charge >= 0.3 is 13.1 Å². The molecule has 1 aliphatic heterocycles. The van der Waals surface area contributed by atoms with Crippen LogP contribution >= 0.6 is 0 Å². The van der Waals surface area contributed by atoms with Gasteiger partial charge in [-0.3, -0.25) is 4.79 Å². The van der Waals surface area contributed by atoms with Crippen LogP contribution in [0.3, 0.4) is 0 Å². The Balaban J connectivity index is 1.75. The van der Waals surface area contributed by atoms with E-state index in [0.717, 1.165) is 5.56 Å². The standard InChI is InChI=1S/C22H25BFNO6/c1-4-29-20-17(10-7-15-12-31-23(28)18(15)20)21(26)25-19(13(2)3)22(27)30-11-14-5-8-16(24)9-6-14/h5-10,13,19,28H,4,11-12H2,1-3H3,(H,25,26). The fourth-order valence-electron chi connectivity index (χ4n) is 3.31. The number of amides is 1. The molecule has 0 spiro atoms. The smallest absolute Gasteiger partial charge is 0.493 e. The van der Waals surface area contributed by atoms with Crippen molar-refractivity contribution in [3.05, 3.63) is 58.9 Å². The summed E-state index contributed by atoms with van der Waals surface area (Å²) in [4.78, 5) is 25.7. The van der Waals surface area contributed by atoms with Crippen LogP contribution in [0.2, 0.25) is 0 Å². The molecule has 1 amide bonds. The quantitative estimate of drug-likeness (QED) is 0.492. The highest BCUT2D eigenvalue weighted by Gasteiger charge is 2.35. The van der Waals surface area contributed by atoms with Gasteiger partial charge in [-0.15, -0.1) is 0 Å². The predicted molar refractivity (Wildman–Crippen MR) is 112 cm³/mol. The summed E-state index contributed by atoms with van der Waals surface area (Å²) in [7, 11) is -1.18. The Bertz CT molecular complexity index is 950. The molecule has 7 nitrogen and oxygen atoms in total. The van der Waals surface area contributed by atoms with Crippen LogP contribution in [0.25, 0.3) is 0 Å². The van der Waals surface area contributed by atoms with Crippen molar-refractivity contribution in [1.29, 1.82) is 0 Å². The monoisotopic (exact) mass is 429 g/mol. The van der Waals surface area contributed by atoms with Crippen molar-refractivity contribution in [3.8, 4) is 5.75 Å². The van der Waals surface area contributed by atoms with Gasteiger partial charge in [0.25, 0.3) is 5.91 Å². The molecule has 1 heterocycles. The number of carbonyl (C=O) groups excluding carboxylic acids is 2. The number of fused-ring (bicyclic) bond motifs is 1. The topological polar surface area (TPSA) is 94.1 Å². The van der Waals surface area contributed by atoms with E-state index in [4.69, 9.17) is 14.1 Å². The van der Waals surface area contributed by atoms with E-state index in [1.807, 2.05) is 0 Å². The van der Waals surface area contributed by atoms with Crippen LogP contribution < -0.4 is 15.5 Å². The van der Waals surface area contributed by atoms with Gasteiger partial charge in [-0.05, 0) is 42.2 Å². The first-order valence-electron chi connectivity index (χ1n) is 10.1. The summed E-state index contributed by atoms with van der Waals surface area (Å²) in [6.45, 7) is 5.82. The summed E-state index contributed by atoms with van der Waals surface area (Å²) >= 11 is 0. The molecule has 0 fully saturated rings. The molecule has 2 aromatic carbocycles. The van der Waals surface area contributed by atoms with Gasteiger partial charge in [-0.25, -0.2) is 9.18 Å². The molecule has 0 bridgehead atoms. The summed E-state index contributed by atoms with van der Waals surface area (Å²) in [5.74, 6) is -1.51. The second-order valence-electron chi connectivity index (χ2n) is 7.54. The van der Waals surface area contributed by atoms with Crippen LogP contribution in [-0.2, 0) is 27.4 Å². The third kappa shape index (κ3) is 5.23. The van der Waals surface area contributed by atoms with Crippen LogP contribution in [0.4, 0.5) is 4.39 Å². The first-order valence-corrected chi connectivity index (χ1v) is 10.1. The largest absolute Gasteiger partial charge is 0.495 e. The third-order valence-electron chi connectivity index (χ3n) is 4.96. The summed E-state index contributed by atoms with van der Waals surface area (Å²) in [6.07, 6.45) is 0. The Labute approximate surface area is 180 Å². The molecule has 0 aromatic heterocycles. The summed E-state index contributed by atoms with van der Waals surface area (Å²) in [6, 6.07) is 7.99. The second-order valence-corrected chi connectivity index (χ2v) is 7.54. The number of ether oxygens (including phenoxy) is 2. The summed E-state index contributed by atoms with van der Waals surface area (Å²) in [5.41, 5.74) is 2.00. The molecular formula is C22H25BFNO6. The van der Waals surface area contributed by atoms with Gasteiger partial charge in [-0.1, -0.05) is 32.0 Å². The number of hydrogen-bond acceptors (Lipinski definition) is 6. The normalized spacial score (nSPS) is 13.7. The van der Waals surface area contributed by atoms with Crippen molar-refractivity contribution in [2.75, 3.05) is 6.61 Å². The van der Waals surface area contributed by atoms with E-state index in [9.17, 15) is 19.0 Å². The molecule has 1 aliphatic rings. The number of hydrogen-bond donors (Lipinski definition) is 2. The lowest BCUT2D eigenvalue weighted by Gasteiger charge is -2.22. The zero-order chi connectivity index (χ0) is 22.5. The molecular weight excluding hydrogens is 404 g/mol. The Kier molecular flexibility index (Phi) is 7.30. The lowest BCUT2D eigenvalue weighted by atomic mass is 9.77. The van der Waals surface area contributed by atoms with Crippen molar-refractivity contribution in [3.63, 3.8) is 0 Å². The second kappa shape index (κ2) is 9.93. The number of benzene rings is 2. The van der Waals surface area contributed by atoms with E-state index in [-0.39, 0.29) is 42.9 Å². The average molecular weight is 429 g/mol. The molecule has 2 N–H and O–H groups in total. The molecule has 1 unspecified atom stereocenters. The van der Waals surface area contributed by atoms with Gasteiger partial charge < -0.3 is 24.5 Å². The number of rotatable bonds is 8. The van der Waals surface area contributed by atoms with Crippen molar-refractivity contribution in [2.24, 2.45) is 5.92 Å². The number of esters is 1. The Morgan fingerprint density at radius 1 is 1.23 bits per heavy atom. The molecule has 0 radical (unpaired) electrons. The maximum atomic E-state index is 13.0. The minimum Gasteiger partial charge on any atom is -0.493 e. The van der Waals surface area contributed by atoms with Gasteiger partial charge in [-0.2, -0.15) is 0 Å². The fraction of sp³-hybridized carbons (Fsp3) is 0.364. The zero-order valence-corrected chi connectivity index (χ0v) is 17.7. The predicted octanol–water partition coefficient (Wildman–Crippen LogP) is 1.94. The lowest BCUT2D eigenvalue weighted by Crippen LogP contribution is -2.45. The van der Waals surface area contributed by atoms with E-state index in [2.05, 4.69) is 5.32 Å². The number of halogens is 1. The fourth-order valence-corrected chi connectivity index (χ4v) is 3.31. The van der Waals surface area contributed by atoms with E-state index in [1.54, 1.807) is 32.9 Å². The van der Waals surface area contributed by atoms with Crippen molar-refractivity contribution in [2.45, 2.75) is 40.0 Å². The first kappa shape index (κ1) is 22.8. The maximum absolute atomic E-state index is 13.0. The van der Waals surface area contributed by atoms with Crippen LogP contribution in [0.15, 0.2) is 36.4 Å². The highest BCUT2D eigenvalue weighted by molar-refractivity contribution is 6.63. The first-order chi connectivity index (χ1) is 14.8. The SMILES string of the molecule is CCOc1c(C(=O)NC(C(=O)OCc2ccc(F)cc2)C(C)C)ccc2c1B(O)OC2. The lowest BCUT2D eigenvalue weighted by molar-refractivity contribution is -0.148. The number of carbonyl (C=O) groups is 2. The highest BCUT2D eigenvalue weighted by atomic mass is 19.1. The van der Waals surface area contributed by atoms with E-state index >= 15 is 0 Å². The molecule has 2 aromatic rings. The molecule has 9 heteroatoms. The molecule has 1 atom stereocenters. The molecule has 0 saturated carbocycles. The third-order valence-corrected chi connectivity index (χ3v) is 4.96. The van der Waals surface area contributed by atoms with Crippen LogP contribution in [0, 0.1) is 11.7 Å². The van der Waals surface area contributed by atoms with Crippen molar-refractivity contribution < 1.29 is 33.1 Å². The minimum absolute atomic E-state index is 0.0369. The zero-order valence-electron chi connectivity index (χ0n) is 17.7. The molecule has 0 saturated heterocycles. The highest BCUT2D eigenvalue weighted by Crippen LogP contribution is 2.24. The average Bonchev–Trinajstić information content (AvgIpc) is 3.12. The van der Waals surface area contributed by atoms with Gasteiger partial charge in [0.1, 0.15) is 24.2 Å². The summed E-state index contributed by atoms with van der Waals surface area (Å²) in [5, 5.41) is 12.8. The molecule has 3 rings (SSSR count). The molecule has 164 valence electrons. The molecule has 31 heavy (non-hydrogen) atoms. The van der Waals surface area contributed by atoms with Gasteiger partial charge in [0.15, 0.2) is 0 Å². The number of nitrogens with one attached hydrogen (secondary N) is 1. The van der Waals surface area contributed by atoms with Gasteiger partial charge in [0.2, 0.25) is 0 Å². The van der Waals surface area contributed by atoms with E-state index < -0.39 is 25.0 Å². The Morgan fingerprint density at radius 3 is 2.58 bits per heavy atom. The Hall–Kier alpha value is -2.91.